The first-order chi connectivity index (χ1) is 8.68. The molecule has 0 unspecified atom stereocenters. The van der Waals surface area contributed by atoms with E-state index in [9.17, 15) is 0 Å². The van der Waals surface area contributed by atoms with Crippen LogP contribution < -0.4 is 15.2 Å². The van der Waals surface area contributed by atoms with Crippen molar-refractivity contribution < 1.29 is 9.47 Å². The summed E-state index contributed by atoms with van der Waals surface area (Å²) < 4.78 is 11.0. The molecule has 0 heterocycles. The largest absolute Gasteiger partial charge is 0.496 e. The molecule has 100 valence electrons. The van der Waals surface area contributed by atoms with Crippen LogP contribution in [-0.4, -0.2) is 20.8 Å². The van der Waals surface area contributed by atoms with Crippen LogP contribution in [0, 0.1) is 0 Å². The Labute approximate surface area is 113 Å². The highest BCUT2D eigenvalue weighted by atomic mass is 35.5. The van der Waals surface area contributed by atoms with Crippen LogP contribution in [0.2, 0.25) is 5.02 Å². The maximum absolute atomic E-state index is 6.23. The average Bonchev–Trinajstić information content (AvgIpc) is 2.88. The summed E-state index contributed by atoms with van der Waals surface area (Å²) in [6.45, 7) is 0.597. The van der Waals surface area contributed by atoms with Gasteiger partial charge in [0, 0.05) is 17.5 Å². The van der Waals surface area contributed by atoms with E-state index < -0.39 is 0 Å². The molecule has 18 heavy (non-hydrogen) atoms. The first kappa shape index (κ1) is 13.5. The van der Waals surface area contributed by atoms with Crippen LogP contribution in [0.3, 0.4) is 0 Å². The van der Waals surface area contributed by atoms with Crippen molar-refractivity contribution in [3.05, 3.63) is 22.7 Å². The molecule has 0 aromatic heterocycles. The molecule has 1 aromatic carbocycles. The fourth-order valence-electron chi connectivity index (χ4n) is 3.02. The third-order valence-corrected chi connectivity index (χ3v) is 4.27. The Hall–Kier alpha value is -0.930. The number of methoxy groups -OCH3 is 2. The van der Waals surface area contributed by atoms with Gasteiger partial charge < -0.3 is 15.2 Å². The predicted octanol–water partition coefficient (Wildman–Crippen LogP) is 3.13. The van der Waals surface area contributed by atoms with Gasteiger partial charge in [-0.3, -0.25) is 0 Å². The molecule has 0 aliphatic heterocycles. The van der Waals surface area contributed by atoms with Gasteiger partial charge in [-0.15, -0.1) is 0 Å². The smallest absolute Gasteiger partial charge is 0.144 e. The van der Waals surface area contributed by atoms with E-state index in [1.54, 1.807) is 14.2 Å². The normalized spacial score (nSPS) is 17.8. The molecule has 0 amide bonds. The summed E-state index contributed by atoms with van der Waals surface area (Å²) in [6.07, 6.45) is 4.51. The molecular weight excluding hydrogens is 250 g/mol. The molecule has 1 aromatic rings. The van der Waals surface area contributed by atoms with E-state index in [1.165, 1.54) is 12.8 Å². The van der Waals surface area contributed by atoms with E-state index in [2.05, 4.69) is 0 Å². The lowest BCUT2D eigenvalue weighted by Crippen LogP contribution is -2.33. The van der Waals surface area contributed by atoms with Crippen LogP contribution in [0.25, 0.3) is 0 Å². The van der Waals surface area contributed by atoms with Gasteiger partial charge in [0.2, 0.25) is 0 Å². The minimum absolute atomic E-state index is 0.0540. The molecule has 2 N–H and O–H groups in total. The van der Waals surface area contributed by atoms with Crippen LogP contribution in [-0.2, 0) is 5.41 Å². The zero-order chi connectivity index (χ0) is 13.2. The van der Waals surface area contributed by atoms with Crippen molar-refractivity contribution in [2.75, 3.05) is 20.8 Å². The monoisotopic (exact) mass is 269 g/mol. The average molecular weight is 270 g/mol. The van der Waals surface area contributed by atoms with E-state index in [0.717, 1.165) is 24.2 Å². The maximum atomic E-state index is 6.23. The van der Waals surface area contributed by atoms with Gasteiger partial charge in [0.05, 0.1) is 19.2 Å². The summed E-state index contributed by atoms with van der Waals surface area (Å²) in [6, 6.07) is 3.71. The summed E-state index contributed by atoms with van der Waals surface area (Å²) in [4.78, 5) is 0. The molecule has 2 rings (SSSR count). The molecule has 0 bridgehead atoms. The summed E-state index contributed by atoms with van der Waals surface area (Å²) in [5, 5.41) is 0.619. The third kappa shape index (κ3) is 2.06. The van der Waals surface area contributed by atoms with Gasteiger partial charge in [-0.2, -0.15) is 0 Å². The highest BCUT2D eigenvalue weighted by Gasteiger charge is 2.39. The van der Waals surface area contributed by atoms with Gasteiger partial charge in [-0.25, -0.2) is 0 Å². The van der Waals surface area contributed by atoms with Crippen molar-refractivity contribution in [2.45, 2.75) is 31.1 Å². The number of benzene rings is 1. The molecule has 1 aliphatic rings. The predicted molar refractivity (Wildman–Crippen MR) is 73.8 cm³/mol. The van der Waals surface area contributed by atoms with Crippen molar-refractivity contribution in [1.82, 2.24) is 0 Å². The van der Waals surface area contributed by atoms with Gasteiger partial charge in [0.15, 0.2) is 0 Å². The molecular formula is C14H20ClNO2. The molecule has 3 nitrogen and oxygen atoms in total. The topological polar surface area (TPSA) is 44.5 Å². The second kappa shape index (κ2) is 5.37. The fourth-order valence-corrected chi connectivity index (χ4v) is 3.25. The maximum Gasteiger partial charge on any atom is 0.144 e. The molecule has 1 aliphatic carbocycles. The van der Waals surface area contributed by atoms with E-state index in [1.807, 2.05) is 12.1 Å². The molecule has 4 heteroatoms. The van der Waals surface area contributed by atoms with E-state index in [0.29, 0.717) is 17.3 Å². The molecule has 0 spiro atoms. The van der Waals surface area contributed by atoms with Crippen molar-refractivity contribution in [3.63, 3.8) is 0 Å². The first-order valence-electron chi connectivity index (χ1n) is 6.29. The molecule has 0 radical (unpaired) electrons. The van der Waals surface area contributed by atoms with Crippen LogP contribution >= 0.6 is 11.6 Å². The van der Waals surface area contributed by atoms with E-state index in [-0.39, 0.29) is 5.41 Å². The number of ether oxygens (including phenoxy) is 2. The fraction of sp³-hybridized carbons (Fsp3) is 0.571. The standard InChI is InChI=1S/C14H20ClNO2/c1-17-11-6-5-10(15)13(18-2)12(11)14(9-16)7-3-4-8-14/h5-6H,3-4,7-9,16H2,1-2H3. The summed E-state index contributed by atoms with van der Waals surface area (Å²) in [5.41, 5.74) is 7.03. The van der Waals surface area contributed by atoms with Crippen molar-refractivity contribution >= 4 is 11.6 Å². The van der Waals surface area contributed by atoms with Crippen LogP contribution in [0.1, 0.15) is 31.2 Å². The number of hydrogen-bond acceptors (Lipinski definition) is 3. The first-order valence-corrected chi connectivity index (χ1v) is 6.67. The Bertz CT molecular complexity index is 428. The highest BCUT2D eigenvalue weighted by molar-refractivity contribution is 6.32. The summed E-state index contributed by atoms with van der Waals surface area (Å²) in [7, 11) is 3.31. The number of hydrogen-bond donors (Lipinski definition) is 1. The Balaban J connectivity index is 2.62. The highest BCUT2D eigenvalue weighted by Crippen LogP contribution is 2.50. The Kier molecular flexibility index (Phi) is 4.03. The lowest BCUT2D eigenvalue weighted by atomic mass is 9.78. The minimum atomic E-state index is -0.0540. The van der Waals surface area contributed by atoms with E-state index >= 15 is 0 Å². The van der Waals surface area contributed by atoms with Crippen molar-refractivity contribution in [1.29, 1.82) is 0 Å². The van der Waals surface area contributed by atoms with Crippen molar-refractivity contribution in [2.24, 2.45) is 5.73 Å². The zero-order valence-corrected chi connectivity index (χ0v) is 11.7. The number of rotatable bonds is 4. The third-order valence-electron chi connectivity index (χ3n) is 3.98. The van der Waals surface area contributed by atoms with Crippen LogP contribution in [0.15, 0.2) is 12.1 Å². The van der Waals surface area contributed by atoms with E-state index in [4.69, 9.17) is 26.8 Å². The Morgan fingerprint density at radius 3 is 2.39 bits per heavy atom. The van der Waals surface area contributed by atoms with Crippen LogP contribution in [0.5, 0.6) is 11.5 Å². The molecule has 1 saturated carbocycles. The Morgan fingerprint density at radius 1 is 1.22 bits per heavy atom. The summed E-state index contributed by atoms with van der Waals surface area (Å²) in [5.74, 6) is 1.53. The molecule has 0 atom stereocenters. The summed E-state index contributed by atoms with van der Waals surface area (Å²) >= 11 is 6.23. The van der Waals surface area contributed by atoms with Crippen molar-refractivity contribution in [3.8, 4) is 11.5 Å². The second-order valence-electron chi connectivity index (χ2n) is 4.85. The second-order valence-corrected chi connectivity index (χ2v) is 5.26. The van der Waals surface area contributed by atoms with Crippen LogP contribution in [0.4, 0.5) is 0 Å². The van der Waals surface area contributed by atoms with Gasteiger partial charge in [-0.05, 0) is 25.0 Å². The quantitative estimate of drug-likeness (QED) is 0.913. The van der Waals surface area contributed by atoms with Gasteiger partial charge in [-0.1, -0.05) is 24.4 Å². The Morgan fingerprint density at radius 2 is 1.89 bits per heavy atom. The molecule has 1 fully saturated rings. The van der Waals surface area contributed by atoms with Gasteiger partial charge in [0.1, 0.15) is 11.5 Å². The zero-order valence-electron chi connectivity index (χ0n) is 11.0. The lowest BCUT2D eigenvalue weighted by Gasteiger charge is -2.31. The van der Waals surface area contributed by atoms with Gasteiger partial charge in [0.25, 0.3) is 0 Å². The van der Waals surface area contributed by atoms with Gasteiger partial charge >= 0.3 is 0 Å². The lowest BCUT2D eigenvalue weighted by molar-refractivity contribution is 0.347. The molecule has 0 saturated heterocycles. The number of nitrogens with two attached hydrogens (primary N) is 1. The SMILES string of the molecule is COc1ccc(Cl)c(OC)c1C1(CN)CCCC1. The number of halogens is 1. The minimum Gasteiger partial charge on any atom is -0.496 e.